The van der Waals surface area contributed by atoms with Crippen LogP contribution in [0.5, 0.6) is 5.75 Å². The third-order valence-corrected chi connectivity index (χ3v) is 5.03. The first-order valence-electron chi connectivity index (χ1n) is 9.08. The van der Waals surface area contributed by atoms with E-state index in [-0.39, 0.29) is 18.3 Å². The van der Waals surface area contributed by atoms with Gasteiger partial charge in [0.15, 0.2) is 6.61 Å². The number of carbonyl (C=O) groups excluding carboxylic acids is 2. The van der Waals surface area contributed by atoms with Gasteiger partial charge in [-0.2, -0.15) is 0 Å². The Morgan fingerprint density at radius 2 is 1.63 bits per heavy atom. The minimum absolute atomic E-state index is 0.0837. The molecule has 1 saturated carbocycles. The first-order chi connectivity index (χ1) is 13.0. The summed E-state index contributed by atoms with van der Waals surface area (Å²) >= 11 is 0. The summed E-state index contributed by atoms with van der Waals surface area (Å²) in [6, 6.07) is 13.0. The lowest BCUT2D eigenvalue weighted by Crippen LogP contribution is -2.42. The second kappa shape index (κ2) is 8.20. The number of anilines is 1. The standard InChI is InChI=1S/C21H23FN2O3/c22-16-6-4-15(5-7-16)21(12-2-1-3-13-21)20(26)24-17-8-10-18(11-9-17)27-14-19(23)25/h4-11H,1-3,12-14H2,(H2,23,25)(H,24,26). The highest BCUT2D eigenvalue weighted by Crippen LogP contribution is 2.40. The number of halogens is 1. The number of hydrogen-bond donors (Lipinski definition) is 2. The summed E-state index contributed by atoms with van der Waals surface area (Å²) < 4.78 is 18.6. The lowest BCUT2D eigenvalue weighted by molar-refractivity contribution is -0.123. The molecule has 2 aromatic rings. The number of ether oxygens (including phenoxy) is 1. The lowest BCUT2D eigenvalue weighted by Gasteiger charge is -2.36. The monoisotopic (exact) mass is 370 g/mol. The summed E-state index contributed by atoms with van der Waals surface area (Å²) in [6.45, 7) is -0.195. The van der Waals surface area contributed by atoms with Crippen LogP contribution in [0.4, 0.5) is 10.1 Å². The van der Waals surface area contributed by atoms with Crippen LogP contribution >= 0.6 is 0 Å². The largest absolute Gasteiger partial charge is 0.484 e. The number of primary amides is 1. The van der Waals surface area contributed by atoms with Crippen molar-refractivity contribution in [3.63, 3.8) is 0 Å². The van der Waals surface area contributed by atoms with Crippen LogP contribution < -0.4 is 15.8 Å². The number of nitrogens with one attached hydrogen (secondary N) is 1. The predicted molar refractivity (Wildman–Crippen MR) is 101 cm³/mol. The molecule has 0 unspecified atom stereocenters. The van der Waals surface area contributed by atoms with E-state index in [0.717, 1.165) is 37.7 Å². The molecule has 1 aliphatic rings. The van der Waals surface area contributed by atoms with Crippen molar-refractivity contribution in [2.75, 3.05) is 11.9 Å². The van der Waals surface area contributed by atoms with Crippen LogP contribution in [-0.4, -0.2) is 18.4 Å². The van der Waals surface area contributed by atoms with Crippen molar-refractivity contribution >= 4 is 17.5 Å². The fraction of sp³-hybridized carbons (Fsp3) is 0.333. The van der Waals surface area contributed by atoms with Crippen molar-refractivity contribution in [3.8, 4) is 5.75 Å². The molecular weight excluding hydrogens is 347 g/mol. The average Bonchev–Trinajstić information content (AvgIpc) is 2.68. The molecule has 0 atom stereocenters. The molecule has 2 aromatic carbocycles. The molecule has 1 fully saturated rings. The van der Waals surface area contributed by atoms with E-state index in [4.69, 9.17) is 10.5 Å². The number of benzene rings is 2. The van der Waals surface area contributed by atoms with Crippen molar-refractivity contribution in [3.05, 3.63) is 59.9 Å². The molecular formula is C21H23FN2O3. The Bertz CT molecular complexity index is 797. The number of nitrogens with two attached hydrogens (primary N) is 1. The van der Waals surface area contributed by atoms with Gasteiger partial charge in [-0.3, -0.25) is 9.59 Å². The maximum Gasteiger partial charge on any atom is 0.255 e. The number of carbonyl (C=O) groups is 2. The Labute approximate surface area is 157 Å². The van der Waals surface area contributed by atoms with Gasteiger partial charge in [0.1, 0.15) is 11.6 Å². The smallest absolute Gasteiger partial charge is 0.255 e. The summed E-state index contributed by atoms with van der Waals surface area (Å²) in [5.74, 6) is -0.445. The van der Waals surface area contributed by atoms with Gasteiger partial charge in [-0.1, -0.05) is 31.4 Å². The molecule has 0 aliphatic heterocycles. The second-order valence-electron chi connectivity index (χ2n) is 6.88. The predicted octanol–water partition coefficient (Wildman–Crippen LogP) is 3.53. The first-order valence-corrected chi connectivity index (χ1v) is 9.08. The topological polar surface area (TPSA) is 81.4 Å². The third-order valence-electron chi connectivity index (χ3n) is 5.03. The van der Waals surface area contributed by atoms with Crippen molar-refractivity contribution in [1.82, 2.24) is 0 Å². The number of rotatable bonds is 6. The Balaban J connectivity index is 1.77. The van der Waals surface area contributed by atoms with Crippen LogP contribution in [-0.2, 0) is 15.0 Å². The molecule has 6 heteroatoms. The van der Waals surface area contributed by atoms with Crippen molar-refractivity contribution < 1.29 is 18.7 Å². The molecule has 0 saturated heterocycles. The van der Waals surface area contributed by atoms with Crippen molar-refractivity contribution in [2.24, 2.45) is 5.73 Å². The second-order valence-corrected chi connectivity index (χ2v) is 6.88. The van der Waals surface area contributed by atoms with Crippen molar-refractivity contribution in [1.29, 1.82) is 0 Å². The summed E-state index contributed by atoms with van der Waals surface area (Å²) in [4.78, 5) is 23.9. The Morgan fingerprint density at radius 3 is 2.22 bits per heavy atom. The molecule has 27 heavy (non-hydrogen) atoms. The zero-order valence-electron chi connectivity index (χ0n) is 15.0. The van der Waals surface area contributed by atoms with Gasteiger partial charge in [0, 0.05) is 5.69 Å². The maximum absolute atomic E-state index is 13.3. The van der Waals surface area contributed by atoms with E-state index in [9.17, 15) is 14.0 Å². The molecule has 3 rings (SSSR count). The van der Waals surface area contributed by atoms with Gasteiger partial charge in [-0.15, -0.1) is 0 Å². The zero-order chi connectivity index (χ0) is 19.3. The summed E-state index contributed by atoms with van der Waals surface area (Å²) in [5, 5.41) is 2.98. The molecule has 1 aliphatic carbocycles. The van der Waals surface area contributed by atoms with Crippen LogP contribution in [0.2, 0.25) is 0 Å². The molecule has 3 N–H and O–H groups in total. The van der Waals surface area contributed by atoms with Crippen LogP contribution in [0.15, 0.2) is 48.5 Å². The van der Waals surface area contributed by atoms with Crippen LogP contribution in [0.1, 0.15) is 37.7 Å². The van der Waals surface area contributed by atoms with Gasteiger partial charge in [-0.25, -0.2) is 4.39 Å². The highest BCUT2D eigenvalue weighted by molar-refractivity contribution is 5.99. The fourth-order valence-corrected chi connectivity index (χ4v) is 3.61. The number of hydrogen-bond acceptors (Lipinski definition) is 3. The minimum atomic E-state index is -0.646. The quantitative estimate of drug-likeness (QED) is 0.816. The van der Waals surface area contributed by atoms with Crippen LogP contribution in [0.25, 0.3) is 0 Å². The van der Waals surface area contributed by atoms with E-state index in [1.165, 1.54) is 12.1 Å². The molecule has 0 heterocycles. The normalized spacial score (nSPS) is 15.7. The lowest BCUT2D eigenvalue weighted by atomic mass is 9.68. The third kappa shape index (κ3) is 4.45. The van der Waals surface area contributed by atoms with Gasteiger partial charge < -0.3 is 15.8 Å². The van der Waals surface area contributed by atoms with Crippen molar-refractivity contribution in [2.45, 2.75) is 37.5 Å². The molecule has 0 bridgehead atoms. The first kappa shape index (κ1) is 18.9. The van der Waals surface area contributed by atoms with Gasteiger partial charge in [0.05, 0.1) is 5.41 Å². The van der Waals surface area contributed by atoms with E-state index in [1.54, 1.807) is 36.4 Å². The average molecular weight is 370 g/mol. The SMILES string of the molecule is NC(=O)COc1ccc(NC(=O)C2(c3ccc(F)cc3)CCCCC2)cc1. The van der Waals surface area contributed by atoms with E-state index in [0.29, 0.717) is 11.4 Å². The van der Waals surface area contributed by atoms with E-state index >= 15 is 0 Å². The van der Waals surface area contributed by atoms with Gasteiger partial charge >= 0.3 is 0 Å². The van der Waals surface area contributed by atoms with Gasteiger partial charge in [0.2, 0.25) is 5.91 Å². The zero-order valence-corrected chi connectivity index (χ0v) is 15.0. The Kier molecular flexibility index (Phi) is 5.74. The molecule has 142 valence electrons. The highest BCUT2D eigenvalue weighted by atomic mass is 19.1. The summed E-state index contributed by atoms with van der Waals surface area (Å²) in [5.41, 5.74) is 5.89. The number of amides is 2. The minimum Gasteiger partial charge on any atom is -0.484 e. The molecule has 0 spiro atoms. The Hall–Kier alpha value is -2.89. The molecule has 0 radical (unpaired) electrons. The van der Waals surface area contributed by atoms with Crippen LogP contribution in [0, 0.1) is 5.82 Å². The summed E-state index contributed by atoms with van der Waals surface area (Å²) in [7, 11) is 0. The molecule has 5 nitrogen and oxygen atoms in total. The molecule has 2 amide bonds. The highest BCUT2D eigenvalue weighted by Gasteiger charge is 2.41. The van der Waals surface area contributed by atoms with E-state index in [2.05, 4.69) is 5.32 Å². The maximum atomic E-state index is 13.3. The van der Waals surface area contributed by atoms with Gasteiger partial charge in [0.25, 0.3) is 5.91 Å². The van der Waals surface area contributed by atoms with E-state index in [1.807, 2.05) is 0 Å². The Morgan fingerprint density at radius 1 is 1.00 bits per heavy atom. The van der Waals surface area contributed by atoms with Gasteiger partial charge in [-0.05, 0) is 54.8 Å². The van der Waals surface area contributed by atoms with Crippen LogP contribution in [0.3, 0.4) is 0 Å². The fourth-order valence-electron chi connectivity index (χ4n) is 3.61. The van der Waals surface area contributed by atoms with E-state index < -0.39 is 11.3 Å². The molecule has 0 aromatic heterocycles. The summed E-state index contributed by atoms with van der Waals surface area (Å²) in [6.07, 6.45) is 4.51.